The molecule has 1 N–H and O–H groups in total. The van der Waals surface area contributed by atoms with Gasteiger partial charge in [-0.15, -0.1) is 0 Å². The number of nitrogens with one attached hydrogen (secondary N) is 1. The standard InChI is InChI=1S/C21H18ClNO4/c1-13-11-21(27-20(13)25,15-3-5-16(22)6-4-15)12-26-17-7-8-18-14(10-17)2-9-19(24)23-18/h3-8,10H,1-2,9,11-12H2,(H,23,24). The molecule has 138 valence electrons. The topological polar surface area (TPSA) is 64.6 Å². The minimum atomic E-state index is -0.928. The van der Waals surface area contributed by atoms with Crippen molar-refractivity contribution in [1.29, 1.82) is 0 Å². The van der Waals surface area contributed by atoms with Crippen molar-refractivity contribution in [3.05, 3.63) is 70.8 Å². The number of carbonyl (C=O) groups is 2. The second-order valence-corrected chi connectivity index (χ2v) is 7.26. The Balaban J connectivity index is 1.58. The predicted octanol–water partition coefficient (Wildman–Crippen LogP) is 4.00. The summed E-state index contributed by atoms with van der Waals surface area (Å²) in [6, 6.07) is 12.7. The van der Waals surface area contributed by atoms with Crippen LogP contribution in [0.15, 0.2) is 54.6 Å². The molecule has 0 spiro atoms. The third-order valence-electron chi connectivity index (χ3n) is 4.89. The summed E-state index contributed by atoms with van der Waals surface area (Å²) in [4.78, 5) is 23.5. The van der Waals surface area contributed by atoms with Crippen LogP contribution in [0.2, 0.25) is 5.02 Å². The van der Waals surface area contributed by atoms with E-state index in [1.165, 1.54) is 0 Å². The third kappa shape index (κ3) is 3.43. The number of hydrogen-bond donors (Lipinski definition) is 1. The lowest BCUT2D eigenvalue weighted by Crippen LogP contribution is -2.33. The van der Waals surface area contributed by atoms with Crippen LogP contribution < -0.4 is 10.1 Å². The fourth-order valence-electron chi connectivity index (χ4n) is 3.43. The first-order valence-electron chi connectivity index (χ1n) is 8.68. The summed E-state index contributed by atoms with van der Waals surface area (Å²) in [6.45, 7) is 3.95. The second kappa shape index (κ2) is 6.74. The monoisotopic (exact) mass is 383 g/mol. The van der Waals surface area contributed by atoms with E-state index in [-0.39, 0.29) is 12.5 Å². The SMILES string of the molecule is C=C1CC(COc2ccc3c(c2)CCC(=O)N3)(c2ccc(Cl)cc2)OC1=O. The number of rotatable bonds is 4. The van der Waals surface area contributed by atoms with E-state index in [0.29, 0.717) is 35.6 Å². The Kier molecular flexibility index (Phi) is 4.40. The number of ether oxygens (including phenoxy) is 2. The Bertz CT molecular complexity index is 920. The lowest BCUT2D eigenvalue weighted by Gasteiger charge is -2.28. The van der Waals surface area contributed by atoms with Gasteiger partial charge in [-0.1, -0.05) is 30.3 Å². The van der Waals surface area contributed by atoms with Crippen molar-refractivity contribution < 1.29 is 19.1 Å². The van der Waals surface area contributed by atoms with Crippen LogP contribution in [0, 0.1) is 0 Å². The van der Waals surface area contributed by atoms with E-state index in [9.17, 15) is 9.59 Å². The average molecular weight is 384 g/mol. The molecule has 1 fully saturated rings. The molecule has 0 aromatic heterocycles. The number of cyclic esters (lactones) is 1. The van der Waals surface area contributed by atoms with Gasteiger partial charge < -0.3 is 14.8 Å². The van der Waals surface area contributed by atoms with Crippen molar-refractivity contribution >= 4 is 29.2 Å². The Morgan fingerprint density at radius 3 is 2.63 bits per heavy atom. The van der Waals surface area contributed by atoms with Crippen molar-refractivity contribution in [2.24, 2.45) is 0 Å². The summed E-state index contributed by atoms with van der Waals surface area (Å²) >= 11 is 5.99. The van der Waals surface area contributed by atoms with Crippen LogP contribution in [0.4, 0.5) is 5.69 Å². The molecular formula is C21H18ClNO4. The van der Waals surface area contributed by atoms with Crippen LogP contribution in [0.25, 0.3) is 0 Å². The number of anilines is 1. The molecule has 6 heteroatoms. The molecule has 2 aromatic carbocycles. The van der Waals surface area contributed by atoms with Gasteiger partial charge in [0.15, 0.2) is 5.60 Å². The number of halogens is 1. The highest BCUT2D eigenvalue weighted by molar-refractivity contribution is 6.30. The van der Waals surface area contributed by atoms with E-state index in [4.69, 9.17) is 21.1 Å². The van der Waals surface area contributed by atoms with Gasteiger partial charge in [0.1, 0.15) is 12.4 Å². The molecule has 0 radical (unpaired) electrons. The highest BCUT2D eigenvalue weighted by atomic mass is 35.5. The summed E-state index contributed by atoms with van der Waals surface area (Å²) in [5.41, 5.74) is 2.14. The first kappa shape index (κ1) is 17.6. The zero-order chi connectivity index (χ0) is 19.0. The molecule has 1 unspecified atom stereocenters. The maximum absolute atomic E-state index is 12.0. The number of benzene rings is 2. The lowest BCUT2D eigenvalue weighted by atomic mass is 9.90. The van der Waals surface area contributed by atoms with E-state index >= 15 is 0 Å². The van der Waals surface area contributed by atoms with Gasteiger partial charge in [-0.3, -0.25) is 4.79 Å². The number of fused-ring (bicyclic) bond motifs is 1. The van der Waals surface area contributed by atoms with Gasteiger partial charge in [0, 0.05) is 29.1 Å². The molecule has 2 aliphatic rings. The predicted molar refractivity (Wildman–Crippen MR) is 102 cm³/mol. The third-order valence-corrected chi connectivity index (χ3v) is 5.14. The minimum absolute atomic E-state index is 0.0224. The van der Waals surface area contributed by atoms with Gasteiger partial charge in [0.05, 0.1) is 0 Å². The van der Waals surface area contributed by atoms with Crippen molar-refractivity contribution in [3.63, 3.8) is 0 Å². The highest BCUT2D eigenvalue weighted by Crippen LogP contribution is 2.40. The van der Waals surface area contributed by atoms with Gasteiger partial charge in [-0.05, 0) is 47.9 Å². The van der Waals surface area contributed by atoms with Crippen molar-refractivity contribution in [1.82, 2.24) is 0 Å². The Labute approximate surface area is 161 Å². The van der Waals surface area contributed by atoms with Crippen molar-refractivity contribution in [2.75, 3.05) is 11.9 Å². The van der Waals surface area contributed by atoms with Crippen molar-refractivity contribution in [2.45, 2.75) is 24.9 Å². The quantitative estimate of drug-likeness (QED) is 0.640. The highest BCUT2D eigenvalue weighted by Gasteiger charge is 2.45. The zero-order valence-electron chi connectivity index (χ0n) is 14.6. The molecule has 0 bridgehead atoms. The maximum atomic E-state index is 12.0. The number of amides is 1. The number of esters is 1. The van der Waals surface area contributed by atoms with Crippen LogP contribution in [0.5, 0.6) is 5.75 Å². The lowest BCUT2D eigenvalue weighted by molar-refractivity contribution is -0.150. The van der Waals surface area contributed by atoms with E-state index in [1.54, 1.807) is 18.2 Å². The van der Waals surface area contributed by atoms with E-state index in [1.807, 2.05) is 24.3 Å². The molecule has 1 atom stereocenters. The number of aryl methyl sites for hydroxylation is 1. The summed E-state index contributed by atoms with van der Waals surface area (Å²) in [5.74, 6) is 0.266. The fourth-order valence-corrected chi connectivity index (χ4v) is 3.56. The van der Waals surface area contributed by atoms with Crippen LogP contribution in [0.3, 0.4) is 0 Å². The molecule has 1 amide bonds. The van der Waals surface area contributed by atoms with Gasteiger partial charge in [0.25, 0.3) is 0 Å². The summed E-state index contributed by atoms with van der Waals surface area (Å²) in [6.07, 6.45) is 1.49. The van der Waals surface area contributed by atoms with Gasteiger partial charge in [0.2, 0.25) is 5.91 Å². The molecule has 2 aromatic rings. The second-order valence-electron chi connectivity index (χ2n) is 6.83. The van der Waals surface area contributed by atoms with E-state index < -0.39 is 11.6 Å². The summed E-state index contributed by atoms with van der Waals surface area (Å²) in [5, 5.41) is 3.45. The van der Waals surface area contributed by atoms with E-state index in [0.717, 1.165) is 16.8 Å². The largest absolute Gasteiger partial charge is 0.489 e. The van der Waals surface area contributed by atoms with E-state index in [2.05, 4.69) is 11.9 Å². The first-order chi connectivity index (χ1) is 12.9. The zero-order valence-corrected chi connectivity index (χ0v) is 15.3. The fraction of sp³-hybridized carbons (Fsp3) is 0.238. The Hall–Kier alpha value is -2.79. The number of carbonyl (C=O) groups excluding carboxylic acids is 2. The molecule has 4 rings (SSSR count). The van der Waals surface area contributed by atoms with Crippen molar-refractivity contribution in [3.8, 4) is 5.75 Å². The normalized spacial score (nSPS) is 21.4. The minimum Gasteiger partial charge on any atom is -0.489 e. The smallest absolute Gasteiger partial charge is 0.334 e. The van der Waals surface area contributed by atoms with Gasteiger partial charge in [-0.2, -0.15) is 0 Å². The molecule has 0 saturated carbocycles. The molecule has 0 aliphatic carbocycles. The molecule has 27 heavy (non-hydrogen) atoms. The Morgan fingerprint density at radius 1 is 1.15 bits per heavy atom. The first-order valence-corrected chi connectivity index (χ1v) is 9.06. The Morgan fingerprint density at radius 2 is 1.93 bits per heavy atom. The van der Waals surface area contributed by atoms with Gasteiger partial charge in [-0.25, -0.2) is 4.79 Å². The molecule has 1 saturated heterocycles. The maximum Gasteiger partial charge on any atom is 0.334 e. The molecule has 2 aliphatic heterocycles. The summed E-state index contributed by atoms with van der Waals surface area (Å²) < 4.78 is 11.7. The van der Waals surface area contributed by atoms with Crippen LogP contribution in [-0.2, 0) is 26.3 Å². The summed E-state index contributed by atoms with van der Waals surface area (Å²) in [7, 11) is 0. The van der Waals surface area contributed by atoms with Crippen LogP contribution >= 0.6 is 11.6 Å². The number of hydrogen-bond acceptors (Lipinski definition) is 4. The average Bonchev–Trinajstić information content (AvgIpc) is 2.95. The molecular weight excluding hydrogens is 366 g/mol. The molecule has 5 nitrogen and oxygen atoms in total. The van der Waals surface area contributed by atoms with Crippen LogP contribution in [-0.4, -0.2) is 18.5 Å². The van der Waals surface area contributed by atoms with Crippen LogP contribution in [0.1, 0.15) is 24.0 Å². The van der Waals surface area contributed by atoms with Gasteiger partial charge >= 0.3 is 5.97 Å². The molecule has 2 heterocycles.